The Morgan fingerprint density at radius 3 is 2.71 bits per heavy atom. The van der Waals surface area contributed by atoms with Crippen LogP contribution in [0.15, 0.2) is 64.0 Å². The molecular formula is C19H16N2O2S. The van der Waals surface area contributed by atoms with Gasteiger partial charge in [-0.3, -0.25) is 4.79 Å². The molecule has 2 aromatic carbocycles. The van der Waals surface area contributed by atoms with E-state index in [1.165, 1.54) is 0 Å². The molecule has 0 fully saturated rings. The van der Waals surface area contributed by atoms with Gasteiger partial charge in [0.25, 0.3) is 5.91 Å². The molecule has 4 rings (SSSR count). The Labute approximate surface area is 144 Å². The summed E-state index contributed by atoms with van der Waals surface area (Å²) < 4.78 is 5.55. The van der Waals surface area contributed by atoms with E-state index in [4.69, 9.17) is 4.52 Å². The van der Waals surface area contributed by atoms with Gasteiger partial charge in [0, 0.05) is 34.0 Å². The Hall–Kier alpha value is -2.53. The quantitative estimate of drug-likeness (QED) is 0.700. The first-order chi connectivity index (χ1) is 11.8. The van der Waals surface area contributed by atoms with Crippen molar-refractivity contribution in [2.24, 2.45) is 0 Å². The Morgan fingerprint density at radius 1 is 1.17 bits per heavy atom. The van der Waals surface area contributed by atoms with E-state index in [0.717, 1.165) is 27.5 Å². The van der Waals surface area contributed by atoms with Crippen LogP contribution in [0, 0.1) is 0 Å². The van der Waals surface area contributed by atoms with Gasteiger partial charge in [-0.1, -0.05) is 35.5 Å². The van der Waals surface area contributed by atoms with Gasteiger partial charge in [-0.05, 0) is 31.2 Å². The molecule has 1 aliphatic heterocycles. The molecule has 0 saturated heterocycles. The fourth-order valence-electron chi connectivity index (χ4n) is 2.93. The lowest BCUT2D eigenvalue weighted by atomic mass is 10.1. The lowest BCUT2D eigenvalue weighted by molar-refractivity contribution is 0.0979. The van der Waals surface area contributed by atoms with Crippen LogP contribution in [0.25, 0.3) is 11.3 Å². The molecule has 0 unspecified atom stereocenters. The van der Waals surface area contributed by atoms with Gasteiger partial charge in [0.2, 0.25) is 0 Å². The summed E-state index contributed by atoms with van der Waals surface area (Å²) in [5.41, 5.74) is 3.18. The SMILES string of the molecule is CCN(C(=O)c1noc2c1CSc1ccccc1-2)c1ccccc1. The Kier molecular flexibility index (Phi) is 3.86. The summed E-state index contributed by atoms with van der Waals surface area (Å²) in [5, 5.41) is 4.11. The first kappa shape index (κ1) is 15.0. The molecule has 1 amide bonds. The van der Waals surface area contributed by atoms with E-state index < -0.39 is 0 Å². The van der Waals surface area contributed by atoms with Gasteiger partial charge in [-0.15, -0.1) is 11.8 Å². The highest BCUT2D eigenvalue weighted by Crippen LogP contribution is 2.42. The summed E-state index contributed by atoms with van der Waals surface area (Å²) in [6, 6.07) is 17.7. The number of hydrogen-bond donors (Lipinski definition) is 0. The van der Waals surface area contributed by atoms with E-state index in [9.17, 15) is 4.79 Å². The number of fused-ring (bicyclic) bond motifs is 3. The molecule has 0 saturated carbocycles. The molecule has 0 atom stereocenters. The number of para-hydroxylation sites is 1. The van der Waals surface area contributed by atoms with Gasteiger partial charge in [0.15, 0.2) is 11.5 Å². The molecule has 1 aliphatic rings. The van der Waals surface area contributed by atoms with Crippen molar-refractivity contribution in [1.82, 2.24) is 5.16 Å². The molecule has 24 heavy (non-hydrogen) atoms. The molecule has 0 aliphatic carbocycles. The maximum absolute atomic E-state index is 13.0. The highest BCUT2D eigenvalue weighted by Gasteiger charge is 2.30. The van der Waals surface area contributed by atoms with Crippen molar-refractivity contribution >= 4 is 23.4 Å². The zero-order valence-electron chi connectivity index (χ0n) is 13.2. The number of thioether (sulfide) groups is 1. The highest BCUT2D eigenvalue weighted by molar-refractivity contribution is 7.98. The monoisotopic (exact) mass is 336 g/mol. The summed E-state index contributed by atoms with van der Waals surface area (Å²) >= 11 is 1.71. The van der Waals surface area contributed by atoms with Gasteiger partial charge >= 0.3 is 0 Å². The van der Waals surface area contributed by atoms with Crippen LogP contribution in [0.1, 0.15) is 23.0 Å². The van der Waals surface area contributed by atoms with Gasteiger partial charge in [-0.25, -0.2) is 0 Å². The second kappa shape index (κ2) is 6.17. The second-order valence-electron chi connectivity index (χ2n) is 5.51. The zero-order chi connectivity index (χ0) is 16.5. The van der Waals surface area contributed by atoms with Crippen molar-refractivity contribution in [2.75, 3.05) is 11.4 Å². The van der Waals surface area contributed by atoms with Gasteiger partial charge in [0.05, 0.1) is 0 Å². The minimum absolute atomic E-state index is 0.117. The Bertz CT molecular complexity index is 889. The van der Waals surface area contributed by atoms with E-state index in [-0.39, 0.29) is 5.91 Å². The molecule has 3 aromatic rings. The lowest BCUT2D eigenvalue weighted by Gasteiger charge is -2.21. The molecule has 0 bridgehead atoms. The van der Waals surface area contributed by atoms with E-state index in [0.29, 0.717) is 18.0 Å². The maximum atomic E-state index is 13.0. The average molecular weight is 336 g/mol. The predicted molar refractivity (Wildman–Crippen MR) is 95.3 cm³/mol. The molecule has 2 heterocycles. The second-order valence-corrected chi connectivity index (χ2v) is 6.53. The van der Waals surface area contributed by atoms with Crippen molar-refractivity contribution in [3.05, 3.63) is 65.9 Å². The predicted octanol–water partition coefficient (Wildman–Crippen LogP) is 4.61. The van der Waals surface area contributed by atoms with Crippen LogP contribution in [0.2, 0.25) is 0 Å². The van der Waals surface area contributed by atoms with Gasteiger partial charge < -0.3 is 9.42 Å². The summed E-state index contributed by atoms with van der Waals surface area (Å²) in [6.45, 7) is 2.54. The summed E-state index contributed by atoms with van der Waals surface area (Å²) in [5.74, 6) is 1.30. The van der Waals surface area contributed by atoms with E-state index in [1.54, 1.807) is 16.7 Å². The maximum Gasteiger partial charge on any atom is 0.280 e. The molecule has 4 nitrogen and oxygen atoms in total. The van der Waals surface area contributed by atoms with Crippen molar-refractivity contribution in [1.29, 1.82) is 0 Å². The molecule has 1 aromatic heterocycles. The number of nitrogens with zero attached hydrogens (tertiary/aromatic N) is 2. The molecule has 5 heteroatoms. The largest absolute Gasteiger partial charge is 0.355 e. The minimum atomic E-state index is -0.117. The van der Waals surface area contributed by atoms with E-state index in [2.05, 4.69) is 11.2 Å². The number of carbonyl (C=O) groups excluding carboxylic acids is 1. The first-order valence-corrected chi connectivity index (χ1v) is 8.85. The van der Waals surface area contributed by atoms with Crippen molar-refractivity contribution < 1.29 is 9.32 Å². The standard InChI is InChI=1S/C19H16N2O2S/c1-2-21(13-8-4-3-5-9-13)19(22)17-15-12-24-16-11-7-6-10-14(16)18(15)23-20-17/h3-11H,2,12H2,1H3. The molecule has 0 spiro atoms. The van der Waals surface area contributed by atoms with E-state index in [1.807, 2.05) is 55.5 Å². The van der Waals surface area contributed by atoms with Crippen LogP contribution in [-0.2, 0) is 5.75 Å². The number of amides is 1. The van der Waals surface area contributed by atoms with Crippen LogP contribution in [-0.4, -0.2) is 17.6 Å². The fourth-order valence-corrected chi connectivity index (χ4v) is 3.99. The number of hydrogen-bond acceptors (Lipinski definition) is 4. The summed E-state index contributed by atoms with van der Waals surface area (Å²) in [4.78, 5) is 15.9. The van der Waals surface area contributed by atoms with Crippen molar-refractivity contribution in [3.8, 4) is 11.3 Å². The van der Waals surface area contributed by atoms with Crippen LogP contribution in [0.5, 0.6) is 0 Å². The normalized spacial score (nSPS) is 12.4. The number of carbonyl (C=O) groups is 1. The Balaban J connectivity index is 1.74. The molecular weight excluding hydrogens is 320 g/mol. The number of benzene rings is 2. The summed E-state index contributed by atoms with van der Waals surface area (Å²) in [7, 11) is 0. The van der Waals surface area contributed by atoms with Gasteiger partial charge in [-0.2, -0.15) is 0 Å². The van der Waals surface area contributed by atoms with Crippen LogP contribution >= 0.6 is 11.8 Å². The third-order valence-corrected chi connectivity index (χ3v) is 5.22. The van der Waals surface area contributed by atoms with Crippen LogP contribution in [0.4, 0.5) is 5.69 Å². The van der Waals surface area contributed by atoms with E-state index >= 15 is 0 Å². The topological polar surface area (TPSA) is 46.3 Å². The lowest BCUT2D eigenvalue weighted by Crippen LogP contribution is -2.31. The minimum Gasteiger partial charge on any atom is -0.355 e. The van der Waals surface area contributed by atoms with Gasteiger partial charge in [0.1, 0.15) is 0 Å². The number of anilines is 1. The average Bonchev–Trinajstić information content (AvgIpc) is 3.08. The number of rotatable bonds is 3. The van der Waals surface area contributed by atoms with Crippen molar-refractivity contribution in [2.45, 2.75) is 17.6 Å². The Morgan fingerprint density at radius 2 is 1.92 bits per heavy atom. The molecule has 0 N–H and O–H groups in total. The third kappa shape index (κ3) is 2.41. The highest BCUT2D eigenvalue weighted by atomic mass is 32.2. The van der Waals surface area contributed by atoms with Crippen LogP contribution in [0.3, 0.4) is 0 Å². The third-order valence-electron chi connectivity index (χ3n) is 4.12. The molecule has 0 radical (unpaired) electrons. The number of aromatic nitrogens is 1. The zero-order valence-corrected chi connectivity index (χ0v) is 14.0. The first-order valence-electron chi connectivity index (χ1n) is 7.87. The fraction of sp³-hybridized carbons (Fsp3) is 0.158. The van der Waals surface area contributed by atoms with Crippen LogP contribution < -0.4 is 4.90 Å². The molecule has 120 valence electrons. The summed E-state index contributed by atoms with van der Waals surface area (Å²) in [6.07, 6.45) is 0. The smallest absolute Gasteiger partial charge is 0.280 e. The van der Waals surface area contributed by atoms with Crippen molar-refractivity contribution in [3.63, 3.8) is 0 Å².